The van der Waals surface area contributed by atoms with Crippen molar-refractivity contribution in [2.45, 2.75) is 106 Å². The number of hydrogen-bond acceptors (Lipinski definition) is 4. The van der Waals surface area contributed by atoms with Gasteiger partial charge in [0, 0.05) is 24.0 Å². The minimum absolute atomic E-state index is 0.107. The quantitative estimate of drug-likeness (QED) is 0.233. The molecule has 2 unspecified atom stereocenters. The van der Waals surface area contributed by atoms with Crippen molar-refractivity contribution in [1.82, 2.24) is 0 Å². The number of allylic oxidation sites excluding steroid dienone is 4. The van der Waals surface area contributed by atoms with Crippen LogP contribution in [0.25, 0.3) is 0 Å². The Labute approximate surface area is 220 Å². The molecule has 0 aromatic heterocycles. The van der Waals surface area contributed by atoms with Gasteiger partial charge in [0.1, 0.15) is 0 Å². The molecule has 4 heteroatoms. The van der Waals surface area contributed by atoms with E-state index in [-0.39, 0.29) is 34.9 Å². The molecule has 0 saturated carbocycles. The highest BCUT2D eigenvalue weighted by atomic mass is 16.3. The summed E-state index contributed by atoms with van der Waals surface area (Å²) in [6, 6.07) is 0. The molecule has 0 heterocycles. The second-order valence-corrected chi connectivity index (χ2v) is 13.9. The second-order valence-electron chi connectivity index (χ2n) is 13.9. The summed E-state index contributed by atoms with van der Waals surface area (Å²) >= 11 is 0. The molecule has 0 fully saturated rings. The molecule has 0 spiro atoms. The molecular weight excluding hydrogens is 448 g/mol. The fraction of sp³-hybridized carbons (Fsp3) is 0.688. The highest BCUT2D eigenvalue weighted by Crippen LogP contribution is 2.38. The van der Waals surface area contributed by atoms with Crippen molar-refractivity contribution >= 4 is 0 Å². The predicted molar refractivity (Wildman–Crippen MR) is 150 cm³/mol. The molecule has 4 nitrogen and oxygen atoms in total. The van der Waals surface area contributed by atoms with E-state index in [4.69, 9.17) is 0 Å². The molecule has 2 aliphatic rings. The molecular formula is C32H52O4. The molecule has 0 saturated heterocycles. The normalized spacial score (nSPS) is 24.3. The number of aliphatic hydroxyl groups is 4. The predicted octanol–water partition coefficient (Wildman–Crippen LogP) is 6.43. The first kappa shape index (κ1) is 30.8. The molecule has 0 amide bonds. The number of hydrogen-bond donors (Lipinski definition) is 4. The van der Waals surface area contributed by atoms with Crippen molar-refractivity contribution in [3.63, 3.8) is 0 Å². The summed E-state index contributed by atoms with van der Waals surface area (Å²) in [4.78, 5) is 0. The molecule has 0 aliphatic heterocycles. The summed E-state index contributed by atoms with van der Waals surface area (Å²) in [5, 5.41) is 41.4. The van der Waals surface area contributed by atoms with E-state index in [2.05, 4.69) is 79.7 Å². The van der Waals surface area contributed by atoms with E-state index in [9.17, 15) is 20.4 Å². The summed E-state index contributed by atoms with van der Waals surface area (Å²) in [5.74, 6) is 0. The Bertz CT molecular complexity index is 834. The van der Waals surface area contributed by atoms with E-state index in [0.29, 0.717) is 0 Å². The van der Waals surface area contributed by atoms with Crippen molar-refractivity contribution in [2.75, 3.05) is 13.2 Å². The van der Waals surface area contributed by atoms with Gasteiger partial charge in [0.15, 0.2) is 0 Å². The van der Waals surface area contributed by atoms with E-state index in [1.54, 1.807) is 0 Å². The van der Waals surface area contributed by atoms with Crippen molar-refractivity contribution in [2.24, 2.45) is 21.7 Å². The van der Waals surface area contributed by atoms with Gasteiger partial charge in [-0.05, 0) is 71.6 Å². The lowest BCUT2D eigenvalue weighted by atomic mass is 9.76. The summed E-state index contributed by atoms with van der Waals surface area (Å²) in [5.41, 5.74) is 3.25. The zero-order valence-electron chi connectivity index (χ0n) is 24.1. The van der Waals surface area contributed by atoms with Crippen LogP contribution in [0.5, 0.6) is 0 Å². The van der Waals surface area contributed by atoms with Gasteiger partial charge in [-0.1, -0.05) is 91.8 Å². The topological polar surface area (TPSA) is 80.9 Å². The van der Waals surface area contributed by atoms with Gasteiger partial charge in [0.2, 0.25) is 0 Å². The third-order valence-corrected chi connectivity index (χ3v) is 7.49. The SMILES string of the molecule is CC1(C)C=C(C=CC2=CC(C)(C)C=C(CCCC(C)(C)CO)C2O)C(O)C(CCCC(C)(C)CO)=C1. The van der Waals surface area contributed by atoms with Crippen LogP contribution in [0.1, 0.15) is 93.9 Å². The fourth-order valence-electron chi connectivity index (χ4n) is 5.23. The molecule has 36 heavy (non-hydrogen) atoms. The number of rotatable bonds is 12. The summed E-state index contributed by atoms with van der Waals surface area (Å²) in [7, 11) is 0. The Morgan fingerprint density at radius 2 is 1.00 bits per heavy atom. The van der Waals surface area contributed by atoms with Gasteiger partial charge in [-0.3, -0.25) is 0 Å². The van der Waals surface area contributed by atoms with Crippen molar-refractivity contribution in [1.29, 1.82) is 0 Å². The Morgan fingerprint density at radius 1 is 0.667 bits per heavy atom. The first-order chi connectivity index (χ1) is 16.5. The average molecular weight is 501 g/mol. The Morgan fingerprint density at radius 3 is 1.31 bits per heavy atom. The maximum absolute atomic E-state index is 11.2. The van der Waals surface area contributed by atoms with Crippen LogP contribution in [0.3, 0.4) is 0 Å². The van der Waals surface area contributed by atoms with Gasteiger partial charge in [0.05, 0.1) is 12.2 Å². The van der Waals surface area contributed by atoms with Gasteiger partial charge >= 0.3 is 0 Å². The Hall–Kier alpha value is -1.46. The largest absolute Gasteiger partial charge is 0.396 e. The van der Waals surface area contributed by atoms with Gasteiger partial charge in [-0.25, -0.2) is 0 Å². The van der Waals surface area contributed by atoms with Gasteiger partial charge in [-0.15, -0.1) is 0 Å². The molecule has 0 aromatic carbocycles. The van der Waals surface area contributed by atoms with Gasteiger partial charge in [-0.2, -0.15) is 0 Å². The van der Waals surface area contributed by atoms with Crippen LogP contribution in [-0.2, 0) is 0 Å². The zero-order valence-corrected chi connectivity index (χ0v) is 24.1. The maximum atomic E-state index is 11.2. The number of aliphatic hydroxyl groups excluding tert-OH is 4. The molecule has 2 rings (SSSR count). The van der Waals surface area contributed by atoms with Gasteiger partial charge < -0.3 is 20.4 Å². The van der Waals surface area contributed by atoms with Crippen LogP contribution in [0.15, 0.2) is 58.7 Å². The minimum atomic E-state index is -0.656. The lowest BCUT2D eigenvalue weighted by Gasteiger charge is -2.31. The highest BCUT2D eigenvalue weighted by Gasteiger charge is 2.29. The molecule has 0 aromatic rings. The van der Waals surface area contributed by atoms with Crippen molar-refractivity contribution in [3.05, 3.63) is 58.7 Å². The first-order valence-electron chi connectivity index (χ1n) is 13.6. The molecule has 2 atom stereocenters. The molecule has 4 N–H and O–H groups in total. The fourth-order valence-corrected chi connectivity index (χ4v) is 5.23. The van der Waals surface area contributed by atoms with Crippen LogP contribution < -0.4 is 0 Å². The van der Waals surface area contributed by atoms with E-state index in [0.717, 1.165) is 60.8 Å². The summed E-state index contributed by atoms with van der Waals surface area (Å²) in [6.07, 6.45) is 16.5. The Balaban J connectivity index is 2.14. The van der Waals surface area contributed by atoms with Crippen molar-refractivity contribution < 1.29 is 20.4 Å². The summed E-state index contributed by atoms with van der Waals surface area (Å²) < 4.78 is 0. The first-order valence-corrected chi connectivity index (χ1v) is 13.6. The van der Waals surface area contributed by atoms with Crippen LogP contribution in [0.2, 0.25) is 0 Å². The van der Waals surface area contributed by atoms with Gasteiger partial charge in [0.25, 0.3) is 0 Å². The standard InChI is InChI=1S/C32H52O4/c1-29(2,21-33)15-9-11-23-17-31(5,6)19-25(27(23)35)13-14-26-20-32(7,8)18-24(28(26)36)12-10-16-30(3,4)22-34/h13-14,17-20,27-28,33-36H,9-12,15-16,21-22H2,1-8H3. The third kappa shape index (κ3) is 9.13. The highest BCUT2D eigenvalue weighted by molar-refractivity contribution is 5.45. The molecule has 204 valence electrons. The summed E-state index contributed by atoms with van der Waals surface area (Å²) in [6.45, 7) is 17.2. The minimum Gasteiger partial charge on any atom is -0.396 e. The lowest BCUT2D eigenvalue weighted by Crippen LogP contribution is -2.25. The lowest BCUT2D eigenvalue weighted by molar-refractivity contribution is 0.147. The zero-order chi connectivity index (χ0) is 27.4. The van der Waals surface area contributed by atoms with Crippen molar-refractivity contribution in [3.8, 4) is 0 Å². The van der Waals surface area contributed by atoms with Crippen LogP contribution in [0.4, 0.5) is 0 Å². The van der Waals surface area contributed by atoms with E-state index < -0.39 is 12.2 Å². The molecule has 2 aliphatic carbocycles. The van der Waals surface area contributed by atoms with Crippen LogP contribution >= 0.6 is 0 Å². The second kappa shape index (κ2) is 11.9. The molecule has 0 bridgehead atoms. The maximum Gasteiger partial charge on any atom is 0.0998 e. The third-order valence-electron chi connectivity index (χ3n) is 7.49. The Kier molecular flexibility index (Phi) is 10.2. The van der Waals surface area contributed by atoms with E-state index in [1.807, 2.05) is 12.2 Å². The average Bonchev–Trinajstić information content (AvgIpc) is 2.76. The van der Waals surface area contributed by atoms with Crippen LogP contribution in [0, 0.1) is 21.7 Å². The van der Waals surface area contributed by atoms with E-state index >= 15 is 0 Å². The van der Waals surface area contributed by atoms with Crippen LogP contribution in [-0.4, -0.2) is 45.8 Å². The van der Waals surface area contributed by atoms with E-state index in [1.165, 1.54) is 0 Å². The smallest absolute Gasteiger partial charge is 0.0998 e. The monoisotopic (exact) mass is 500 g/mol. The molecule has 0 radical (unpaired) electrons.